The van der Waals surface area contributed by atoms with Gasteiger partial charge >= 0.3 is 0 Å². The average molecular weight is 359 g/mol. The highest BCUT2D eigenvalue weighted by atomic mass is 16.2. The van der Waals surface area contributed by atoms with Crippen molar-refractivity contribution in [2.24, 2.45) is 0 Å². The molecule has 1 amide bonds. The molecule has 0 aliphatic heterocycles. The summed E-state index contributed by atoms with van der Waals surface area (Å²) in [5.41, 5.74) is 4.57. The highest BCUT2D eigenvalue weighted by Crippen LogP contribution is 2.14. The molecule has 27 heavy (non-hydrogen) atoms. The van der Waals surface area contributed by atoms with Gasteiger partial charge in [-0.3, -0.25) is 14.8 Å². The molecule has 0 aliphatic carbocycles. The van der Waals surface area contributed by atoms with E-state index >= 15 is 0 Å². The predicted octanol–water partition coefficient (Wildman–Crippen LogP) is 4.20. The summed E-state index contributed by atoms with van der Waals surface area (Å²) in [7, 11) is 0. The molecule has 0 N–H and O–H groups in total. The molecule has 0 unspecified atom stereocenters. The summed E-state index contributed by atoms with van der Waals surface area (Å²) < 4.78 is 0. The molecule has 138 valence electrons. The number of rotatable bonds is 8. The lowest BCUT2D eigenvalue weighted by molar-refractivity contribution is -0.132. The van der Waals surface area contributed by atoms with E-state index in [0.717, 1.165) is 23.1 Å². The van der Waals surface area contributed by atoms with Gasteiger partial charge in [-0.25, -0.2) is 0 Å². The van der Waals surface area contributed by atoms with Crippen molar-refractivity contribution in [1.29, 1.82) is 0 Å². The van der Waals surface area contributed by atoms with E-state index in [-0.39, 0.29) is 5.91 Å². The normalized spacial score (nSPS) is 10.6. The second kappa shape index (κ2) is 9.62. The number of aromatic nitrogens is 2. The van der Waals surface area contributed by atoms with Crippen LogP contribution in [0.3, 0.4) is 0 Å². The Balaban J connectivity index is 1.70. The van der Waals surface area contributed by atoms with Crippen molar-refractivity contribution in [3.63, 3.8) is 0 Å². The van der Waals surface area contributed by atoms with E-state index in [9.17, 15) is 4.79 Å². The Bertz CT molecular complexity index is 833. The average Bonchev–Trinajstić information content (AvgIpc) is 2.73. The van der Waals surface area contributed by atoms with Gasteiger partial charge in [0, 0.05) is 44.3 Å². The molecule has 2 heterocycles. The molecule has 0 spiro atoms. The number of hydrogen-bond acceptors (Lipinski definition) is 3. The molecule has 0 atom stereocenters. The summed E-state index contributed by atoms with van der Waals surface area (Å²) in [6.45, 7) is 3.31. The molecular formula is C23H25N3O. The maximum atomic E-state index is 12.9. The molecule has 0 saturated heterocycles. The summed E-state index contributed by atoms with van der Waals surface area (Å²) in [6, 6.07) is 16.3. The molecular weight excluding hydrogens is 334 g/mol. The minimum absolute atomic E-state index is 0.141. The van der Waals surface area contributed by atoms with Crippen LogP contribution in [0.25, 0.3) is 0 Å². The summed E-state index contributed by atoms with van der Waals surface area (Å²) in [4.78, 5) is 23.1. The lowest BCUT2D eigenvalue weighted by Crippen LogP contribution is -2.30. The summed E-state index contributed by atoms with van der Waals surface area (Å²) in [5, 5.41) is 0. The Morgan fingerprint density at radius 2 is 1.41 bits per heavy atom. The van der Waals surface area contributed by atoms with Crippen molar-refractivity contribution in [2.75, 3.05) is 0 Å². The van der Waals surface area contributed by atoms with Gasteiger partial charge in [0.05, 0.1) is 0 Å². The first-order valence-electron chi connectivity index (χ1n) is 9.38. The first-order valence-corrected chi connectivity index (χ1v) is 9.38. The number of benzene rings is 1. The third-order valence-corrected chi connectivity index (χ3v) is 4.60. The van der Waals surface area contributed by atoms with Crippen molar-refractivity contribution in [3.05, 3.63) is 95.6 Å². The van der Waals surface area contributed by atoms with Crippen molar-refractivity contribution in [1.82, 2.24) is 14.9 Å². The van der Waals surface area contributed by atoms with Gasteiger partial charge in [-0.1, -0.05) is 43.3 Å². The third-order valence-electron chi connectivity index (χ3n) is 4.60. The quantitative estimate of drug-likeness (QED) is 0.605. The van der Waals surface area contributed by atoms with Gasteiger partial charge in [-0.05, 0) is 47.2 Å². The van der Waals surface area contributed by atoms with Crippen LogP contribution >= 0.6 is 0 Å². The molecule has 3 rings (SSSR count). The number of hydrogen-bond donors (Lipinski definition) is 0. The molecule has 0 bridgehead atoms. The first-order chi connectivity index (χ1) is 13.2. The van der Waals surface area contributed by atoms with Gasteiger partial charge in [0.25, 0.3) is 0 Å². The van der Waals surface area contributed by atoms with Crippen molar-refractivity contribution in [2.45, 2.75) is 39.3 Å². The van der Waals surface area contributed by atoms with Crippen LogP contribution in [0.1, 0.15) is 35.6 Å². The van der Waals surface area contributed by atoms with E-state index in [1.54, 1.807) is 12.4 Å². The smallest absolute Gasteiger partial charge is 0.223 e. The first kappa shape index (κ1) is 18.8. The van der Waals surface area contributed by atoms with Gasteiger partial charge < -0.3 is 4.90 Å². The van der Waals surface area contributed by atoms with E-state index in [0.29, 0.717) is 25.9 Å². The minimum atomic E-state index is 0.141. The van der Waals surface area contributed by atoms with E-state index in [1.807, 2.05) is 41.6 Å². The Hall–Kier alpha value is -3.01. The van der Waals surface area contributed by atoms with Crippen molar-refractivity contribution >= 4 is 5.91 Å². The van der Waals surface area contributed by atoms with E-state index in [2.05, 4.69) is 41.2 Å². The van der Waals surface area contributed by atoms with E-state index < -0.39 is 0 Å². The van der Waals surface area contributed by atoms with Crippen LogP contribution in [0, 0.1) is 0 Å². The van der Waals surface area contributed by atoms with E-state index in [1.165, 1.54) is 5.56 Å². The Kier molecular flexibility index (Phi) is 6.69. The zero-order chi connectivity index (χ0) is 18.9. The maximum Gasteiger partial charge on any atom is 0.223 e. The highest BCUT2D eigenvalue weighted by molar-refractivity contribution is 5.76. The molecule has 4 nitrogen and oxygen atoms in total. The van der Waals surface area contributed by atoms with Gasteiger partial charge in [0.2, 0.25) is 5.91 Å². The van der Waals surface area contributed by atoms with Crippen LogP contribution in [0.5, 0.6) is 0 Å². The number of carbonyl (C=O) groups is 1. The van der Waals surface area contributed by atoms with Gasteiger partial charge in [0.15, 0.2) is 0 Å². The monoisotopic (exact) mass is 359 g/mol. The van der Waals surface area contributed by atoms with E-state index in [4.69, 9.17) is 0 Å². The van der Waals surface area contributed by atoms with Crippen LogP contribution in [-0.4, -0.2) is 20.8 Å². The molecule has 0 saturated carbocycles. The second-order valence-corrected chi connectivity index (χ2v) is 6.64. The fraction of sp³-hybridized carbons (Fsp3) is 0.261. The fourth-order valence-electron chi connectivity index (χ4n) is 3.00. The van der Waals surface area contributed by atoms with Gasteiger partial charge in [-0.15, -0.1) is 0 Å². The SMILES string of the molecule is CCc1ccc(CN(Cc2cccnc2)C(=O)CCc2cccnc2)cc1. The Labute approximate surface area is 160 Å². The highest BCUT2D eigenvalue weighted by Gasteiger charge is 2.15. The second-order valence-electron chi connectivity index (χ2n) is 6.64. The molecule has 0 fully saturated rings. The molecule has 0 aliphatic rings. The zero-order valence-corrected chi connectivity index (χ0v) is 15.7. The number of nitrogens with zero attached hydrogens (tertiary/aromatic N) is 3. The Morgan fingerprint density at radius 3 is 2.00 bits per heavy atom. The molecule has 3 aromatic rings. The van der Waals surface area contributed by atoms with Gasteiger partial charge in [0.1, 0.15) is 0 Å². The third kappa shape index (κ3) is 5.74. The fourth-order valence-corrected chi connectivity index (χ4v) is 3.00. The zero-order valence-electron chi connectivity index (χ0n) is 15.7. The molecule has 1 aromatic carbocycles. The largest absolute Gasteiger partial charge is 0.334 e. The molecule has 2 aromatic heterocycles. The molecule has 4 heteroatoms. The summed E-state index contributed by atoms with van der Waals surface area (Å²) in [6.07, 6.45) is 9.33. The predicted molar refractivity (Wildman–Crippen MR) is 107 cm³/mol. The van der Waals surface area contributed by atoms with Crippen LogP contribution in [-0.2, 0) is 30.7 Å². The maximum absolute atomic E-state index is 12.9. The van der Waals surface area contributed by atoms with Crippen LogP contribution in [0.15, 0.2) is 73.3 Å². The van der Waals surface area contributed by atoms with Crippen molar-refractivity contribution in [3.8, 4) is 0 Å². The number of pyridine rings is 2. The Morgan fingerprint density at radius 1 is 0.815 bits per heavy atom. The standard InChI is InChI=1S/C23H25N3O/c1-2-19-7-9-21(10-8-19)17-26(18-22-6-4-14-25-16-22)23(27)12-11-20-5-3-13-24-15-20/h3-10,13-16H,2,11-12,17-18H2,1H3. The van der Waals surface area contributed by atoms with Crippen LogP contribution in [0.4, 0.5) is 0 Å². The number of aryl methyl sites for hydroxylation is 2. The number of carbonyl (C=O) groups excluding carboxylic acids is 1. The van der Waals surface area contributed by atoms with Crippen LogP contribution in [0.2, 0.25) is 0 Å². The molecule has 0 radical (unpaired) electrons. The van der Waals surface area contributed by atoms with Crippen molar-refractivity contribution < 1.29 is 4.79 Å². The van der Waals surface area contributed by atoms with Gasteiger partial charge in [-0.2, -0.15) is 0 Å². The summed E-state index contributed by atoms with van der Waals surface area (Å²) in [5.74, 6) is 0.141. The topological polar surface area (TPSA) is 46.1 Å². The number of amides is 1. The lowest BCUT2D eigenvalue weighted by Gasteiger charge is -2.23. The minimum Gasteiger partial charge on any atom is -0.334 e. The lowest BCUT2D eigenvalue weighted by atomic mass is 10.1. The summed E-state index contributed by atoms with van der Waals surface area (Å²) >= 11 is 0. The van der Waals surface area contributed by atoms with Crippen LogP contribution < -0.4 is 0 Å².